The number of thiophene rings is 1. The van der Waals surface area contributed by atoms with Gasteiger partial charge in [-0.1, -0.05) is 0 Å². The minimum Gasteiger partial charge on any atom is -0.336 e. The number of rotatable bonds is 4. The quantitative estimate of drug-likeness (QED) is 0.431. The van der Waals surface area contributed by atoms with Crippen molar-refractivity contribution in [2.45, 2.75) is 6.92 Å². The molecule has 66 valence electrons. The van der Waals surface area contributed by atoms with Gasteiger partial charge >= 0.3 is 0 Å². The van der Waals surface area contributed by atoms with Gasteiger partial charge in [0.2, 0.25) is 0 Å². The van der Waals surface area contributed by atoms with Crippen molar-refractivity contribution in [3.05, 3.63) is 16.3 Å². The lowest BCUT2D eigenvalue weighted by molar-refractivity contribution is -0.201. The second kappa shape index (κ2) is 4.45. The van der Waals surface area contributed by atoms with Gasteiger partial charge in [-0.15, -0.1) is 11.3 Å². The molecule has 1 rings (SSSR count). The lowest BCUT2D eigenvalue weighted by atomic mass is 10.5. The molecule has 3 nitrogen and oxygen atoms in total. The Morgan fingerprint density at radius 2 is 2.50 bits per heavy atom. The minimum absolute atomic E-state index is 0.366. The van der Waals surface area contributed by atoms with Crippen LogP contribution in [0.25, 0.3) is 0 Å². The summed E-state index contributed by atoms with van der Waals surface area (Å²) in [4.78, 5) is 20.6. The van der Waals surface area contributed by atoms with E-state index < -0.39 is 5.24 Å². The first-order valence-corrected chi connectivity index (χ1v) is 4.58. The van der Waals surface area contributed by atoms with Gasteiger partial charge in [0, 0.05) is 0 Å². The first-order valence-electron chi connectivity index (χ1n) is 3.32. The number of hydrogen-bond donors (Lipinski definition) is 0. The van der Waals surface area contributed by atoms with Gasteiger partial charge in [0.15, 0.2) is 5.75 Å². The van der Waals surface area contributed by atoms with Crippen molar-refractivity contribution in [3.8, 4) is 5.75 Å². The van der Waals surface area contributed by atoms with Crippen LogP contribution in [0.1, 0.15) is 16.6 Å². The van der Waals surface area contributed by atoms with Crippen LogP contribution in [0.5, 0.6) is 5.75 Å². The van der Waals surface area contributed by atoms with E-state index in [0.29, 0.717) is 17.2 Å². The first-order chi connectivity index (χ1) is 5.75. The SMILES string of the molecule is CCOOc1ccsc1C(=O)Cl. The molecule has 0 aliphatic rings. The molecule has 0 fully saturated rings. The molecule has 12 heavy (non-hydrogen) atoms. The summed E-state index contributed by atoms with van der Waals surface area (Å²) in [7, 11) is 0. The molecule has 0 unspecified atom stereocenters. The second-order valence-electron chi connectivity index (χ2n) is 1.88. The number of carbonyl (C=O) groups is 1. The summed E-state index contributed by atoms with van der Waals surface area (Å²) >= 11 is 6.49. The molecule has 0 spiro atoms. The molecule has 0 atom stereocenters. The van der Waals surface area contributed by atoms with Gasteiger partial charge in [-0.25, -0.2) is 0 Å². The van der Waals surface area contributed by atoms with Gasteiger partial charge in [0.25, 0.3) is 5.24 Å². The van der Waals surface area contributed by atoms with Crippen LogP contribution in [-0.4, -0.2) is 11.8 Å². The maximum atomic E-state index is 10.7. The molecule has 0 N–H and O–H groups in total. The lowest BCUT2D eigenvalue weighted by Gasteiger charge is -2.00. The Labute approximate surface area is 78.8 Å². The molecule has 0 aliphatic carbocycles. The molecule has 1 heterocycles. The van der Waals surface area contributed by atoms with Crippen LogP contribution in [0.15, 0.2) is 11.4 Å². The number of hydrogen-bond acceptors (Lipinski definition) is 4. The van der Waals surface area contributed by atoms with Gasteiger partial charge in [0.05, 0.1) is 6.61 Å². The van der Waals surface area contributed by atoms with Gasteiger partial charge < -0.3 is 4.89 Å². The highest BCUT2D eigenvalue weighted by molar-refractivity contribution is 7.14. The molecule has 1 aromatic heterocycles. The van der Waals surface area contributed by atoms with Crippen molar-refractivity contribution in [2.75, 3.05) is 6.61 Å². The summed E-state index contributed by atoms with van der Waals surface area (Å²) < 4.78 is 0. The van der Waals surface area contributed by atoms with Crippen LogP contribution in [0.2, 0.25) is 0 Å². The smallest absolute Gasteiger partial charge is 0.266 e. The van der Waals surface area contributed by atoms with Crippen molar-refractivity contribution in [3.63, 3.8) is 0 Å². The predicted molar refractivity (Wildman–Crippen MR) is 46.8 cm³/mol. The Kier molecular flexibility index (Phi) is 3.52. The lowest BCUT2D eigenvalue weighted by Crippen LogP contribution is -1.97. The number of halogens is 1. The molecule has 0 saturated carbocycles. The Morgan fingerprint density at radius 1 is 1.75 bits per heavy atom. The van der Waals surface area contributed by atoms with Gasteiger partial charge in [-0.2, -0.15) is 4.89 Å². The molecule has 0 aliphatic heterocycles. The highest BCUT2D eigenvalue weighted by atomic mass is 35.5. The topological polar surface area (TPSA) is 35.5 Å². The fourth-order valence-electron chi connectivity index (χ4n) is 0.629. The van der Waals surface area contributed by atoms with Crippen LogP contribution in [0.4, 0.5) is 0 Å². The van der Waals surface area contributed by atoms with E-state index in [4.69, 9.17) is 16.5 Å². The first kappa shape index (κ1) is 9.51. The Balaban J connectivity index is 2.70. The summed E-state index contributed by atoms with van der Waals surface area (Å²) in [6.07, 6.45) is 0. The summed E-state index contributed by atoms with van der Waals surface area (Å²) in [5.41, 5.74) is 0. The van der Waals surface area contributed by atoms with Crippen molar-refractivity contribution in [1.82, 2.24) is 0 Å². The molecular formula is C7H7ClO3S. The van der Waals surface area contributed by atoms with E-state index in [-0.39, 0.29) is 0 Å². The zero-order valence-electron chi connectivity index (χ0n) is 6.37. The molecule has 0 aromatic carbocycles. The standard InChI is InChI=1S/C7H7ClO3S/c1-2-10-11-5-3-4-12-6(5)7(8)9/h3-4H,2H2,1H3. The normalized spacial score (nSPS) is 9.83. The maximum Gasteiger partial charge on any atom is 0.266 e. The summed E-state index contributed by atoms with van der Waals surface area (Å²) in [5.74, 6) is 0.377. The Morgan fingerprint density at radius 3 is 3.08 bits per heavy atom. The van der Waals surface area contributed by atoms with Crippen LogP contribution in [0, 0.1) is 0 Å². The van der Waals surface area contributed by atoms with E-state index in [1.807, 2.05) is 0 Å². The second-order valence-corrected chi connectivity index (χ2v) is 3.14. The van der Waals surface area contributed by atoms with E-state index in [1.54, 1.807) is 18.4 Å². The summed E-state index contributed by atoms with van der Waals surface area (Å²) in [5, 5.41) is 1.18. The zero-order chi connectivity index (χ0) is 8.97. The predicted octanol–water partition coefficient (Wildman–Crippen LogP) is 2.46. The molecule has 0 amide bonds. The molecular weight excluding hydrogens is 200 g/mol. The molecule has 1 aromatic rings. The van der Waals surface area contributed by atoms with E-state index in [0.717, 1.165) is 0 Å². The van der Waals surface area contributed by atoms with E-state index in [1.165, 1.54) is 11.3 Å². The van der Waals surface area contributed by atoms with Crippen LogP contribution in [-0.2, 0) is 4.89 Å². The van der Waals surface area contributed by atoms with Crippen LogP contribution >= 0.6 is 22.9 Å². The van der Waals surface area contributed by atoms with Gasteiger partial charge in [-0.3, -0.25) is 4.79 Å². The largest absolute Gasteiger partial charge is 0.336 e. The third kappa shape index (κ3) is 2.20. The monoisotopic (exact) mass is 206 g/mol. The van der Waals surface area contributed by atoms with Crippen molar-refractivity contribution in [2.24, 2.45) is 0 Å². The van der Waals surface area contributed by atoms with Crippen LogP contribution < -0.4 is 4.89 Å². The van der Waals surface area contributed by atoms with Crippen LogP contribution in [0.3, 0.4) is 0 Å². The molecule has 0 bridgehead atoms. The molecule has 5 heteroatoms. The Bertz CT molecular complexity index is 271. The van der Waals surface area contributed by atoms with Gasteiger partial charge in [-0.05, 0) is 30.0 Å². The Hall–Kier alpha value is -0.580. The average Bonchev–Trinajstić information content (AvgIpc) is 2.48. The van der Waals surface area contributed by atoms with Crippen molar-refractivity contribution in [1.29, 1.82) is 0 Å². The highest BCUT2D eigenvalue weighted by Crippen LogP contribution is 2.26. The third-order valence-corrected chi connectivity index (χ3v) is 2.27. The van der Waals surface area contributed by atoms with E-state index in [2.05, 4.69) is 4.89 Å². The van der Waals surface area contributed by atoms with E-state index >= 15 is 0 Å². The zero-order valence-corrected chi connectivity index (χ0v) is 7.95. The molecule has 0 radical (unpaired) electrons. The van der Waals surface area contributed by atoms with E-state index in [9.17, 15) is 4.79 Å². The average molecular weight is 207 g/mol. The van der Waals surface area contributed by atoms with Crippen molar-refractivity contribution < 1.29 is 14.6 Å². The van der Waals surface area contributed by atoms with Crippen molar-refractivity contribution >= 4 is 28.2 Å². The number of carbonyl (C=O) groups excluding carboxylic acids is 1. The minimum atomic E-state index is -0.528. The van der Waals surface area contributed by atoms with Gasteiger partial charge in [0.1, 0.15) is 4.88 Å². The highest BCUT2D eigenvalue weighted by Gasteiger charge is 2.12. The third-order valence-electron chi connectivity index (χ3n) is 1.07. The fraction of sp³-hybridized carbons (Fsp3) is 0.286. The summed E-state index contributed by atoms with van der Waals surface area (Å²) in [6.45, 7) is 2.21. The molecule has 0 saturated heterocycles. The maximum absolute atomic E-state index is 10.7. The summed E-state index contributed by atoms with van der Waals surface area (Å²) in [6, 6.07) is 1.63. The fourth-order valence-corrected chi connectivity index (χ4v) is 1.49.